The number of carbonyl (C=O) groups is 3. The zero-order valence-corrected chi connectivity index (χ0v) is 16.8. The number of rotatable bonds is 4. The number of barbiturate groups is 1. The van der Waals surface area contributed by atoms with Crippen LogP contribution in [0.25, 0.3) is 0 Å². The molecular formula is C22H20N4O5. The van der Waals surface area contributed by atoms with E-state index in [0.717, 1.165) is 4.90 Å². The number of amides is 4. The number of anilines is 1. The van der Waals surface area contributed by atoms with E-state index in [-0.39, 0.29) is 18.7 Å². The van der Waals surface area contributed by atoms with Crippen LogP contribution in [-0.2, 0) is 16.0 Å². The van der Waals surface area contributed by atoms with E-state index < -0.39 is 34.2 Å². The second kappa shape index (κ2) is 7.35. The summed E-state index contributed by atoms with van der Waals surface area (Å²) in [4.78, 5) is 52.9. The summed E-state index contributed by atoms with van der Waals surface area (Å²) in [5.74, 6) is -1.38. The first kappa shape index (κ1) is 20.3. The summed E-state index contributed by atoms with van der Waals surface area (Å²) in [6.45, 7) is 3.53. The molecule has 1 fully saturated rings. The van der Waals surface area contributed by atoms with Crippen molar-refractivity contribution >= 4 is 29.2 Å². The number of nitro groups is 1. The Hall–Kier alpha value is -4.01. The molecule has 2 heterocycles. The van der Waals surface area contributed by atoms with Crippen LogP contribution in [-0.4, -0.2) is 41.3 Å². The molecule has 0 aliphatic carbocycles. The van der Waals surface area contributed by atoms with Gasteiger partial charge in [0.25, 0.3) is 5.69 Å². The lowest BCUT2D eigenvalue weighted by molar-refractivity contribution is -0.384. The van der Waals surface area contributed by atoms with Crippen molar-refractivity contribution in [3.8, 4) is 0 Å². The number of fused-ring (bicyclic) bond motifs is 1. The summed E-state index contributed by atoms with van der Waals surface area (Å²) in [5.41, 5.74) is 0.0570. The molecule has 0 bridgehead atoms. The van der Waals surface area contributed by atoms with Crippen LogP contribution in [0.4, 0.5) is 16.2 Å². The molecule has 2 aliphatic rings. The molecule has 2 aromatic rings. The normalized spacial score (nSPS) is 22.9. The van der Waals surface area contributed by atoms with Crippen molar-refractivity contribution in [2.24, 2.45) is 5.41 Å². The van der Waals surface area contributed by atoms with Gasteiger partial charge in [-0.15, -0.1) is 6.58 Å². The highest BCUT2D eigenvalue weighted by Crippen LogP contribution is 2.51. The highest BCUT2D eigenvalue weighted by Gasteiger charge is 2.62. The molecule has 0 aromatic heterocycles. The highest BCUT2D eigenvalue weighted by molar-refractivity contribution is 6.20. The quantitative estimate of drug-likeness (QED) is 0.352. The molecule has 1 saturated heterocycles. The van der Waals surface area contributed by atoms with Crippen LogP contribution < -0.4 is 10.2 Å². The van der Waals surface area contributed by atoms with E-state index in [1.165, 1.54) is 18.2 Å². The molecule has 9 heteroatoms. The second-order valence-electron chi connectivity index (χ2n) is 7.61. The molecule has 0 saturated carbocycles. The van der Waals surface area contributed by atoms with Crippen LogP contribution in [0.1, 0.15) is 17.2 Å². The maximum Gasteiger partial charge on any atom is 0.331 e. The third-order valence-electron chi connectivity index (χ3n) is 5.90. The fraction of sp³-hybridized carbons (Fsp3) is 0.227. The topological polar surface area (TPSA) is 113 Å². The van der Waals surface area contributed by atoms with Crippen molar-refractivity contribution in [2.75, 3.05) is 18.5 Å². The van der Waals surface area contributed by atoms with Crippen molar-refractivity contribution in [1.82, 2.24) is 10.2 Å². The number of imide groups is 2. The van der Waals surface area contributed by atoms with Gasteiger partial charge in [-0.25, -0.2) is 4.79 Å². The van der Waals surface area contributed by atoms with E-state index in [2.05, 4.69) is 11.9 Å². The fourth-order valence-electron chi connectivity index (χ4n) is 4.58. The molecule has 1 spiro atoms. The van der Waals surface area contributed by atoms with Crippen molar-refractivity contribution in [2.45, 2.75) is 12.5 Å². The number of nitrogens with zero attached hydrogens (tertiary/aromatic N) is 3. The molecule has 0 radical (unpaired) electrons. The molecule has 2 atom stereocenters. The lowest BCUT2D eigenvalue weighted by Crippen LogP contribution is -2.69. The van der Waals surface area contributed by atoms with Gasteiger partial charge in [0, 0.05) is 37.8 Å². The number of nitrogens with one attached hydrogen (secondary N) is 1. The lowest BCUT2D eigenvalue weighted by Gasteiger charge is -2.50. The zero-order valence-electron chi connectivity index (χ0n) is 16.8. The van der Waals surface area contributed by atoms with Crippen LogP contribution in [0.3, 0.4) is 0 Å². The molecule has 4 rings (SSSR count). The summed E-state index contributed by atoms with van der Waals surface area (Å²) in [7, 11) is 1.73. The number of urea groups is 1. The van der Waals surface area contributed by atoms with Crippen molar-refractivity contribution in [3.63, 3.8) is 0 Å². The Balaban J connectivity index is 1.96. The molecule has 2 aliphatic heterocycles. The molecule has 31 heavy (non-hydrogen) atoms. The summed E-state index contributed by atoms with van der Waals surface area (Å²) in [6, 6.07) is 11.9. The van der Waals surface area contributed by atoms with E-state index in [1.54, 1.807) is 30.1 Å². The monoisotopic (exact) mass is 420 g/mol. The van der Waals surface area contributed by atoms with Crippen molar-refractivity contribution in [1.29, 1.82) is 0 Å². The van der Waals surface area contributed by atoms with Crippen LogP contribution in [0.5, 0.6) is 0 Å². The Kier molecular flexibility index (Phi) is 4.81. The average molecular weight is 420 g/mol. The number of hydrogen-bond acceptors (Lipinski definition) is 6. The smallest absolute Gasteiger partial charge is 0.331 e. The predicted octanol–water partition coefficient (Wildman–Crippen LogP) is 2.58. The van der Waals surface area contributed by atoms with Gasteiger partial charge in [0.2, 0.25) is 11.8 Å². The van der Waals surface area contributed by atoms with Gasteiger partial charge >= 0.3 is 6.03 Å². The minimum absolute atomic E-state index is 0.0628. The average Bonchev–Trinajstić information content (AvgIpc) is 2.75. The molecule has 158 valence electrons. The summed E-state index contributed by atoms with van der Waals surface area (Å²) in [6.07, 6.45) is 1.32. The Morgan fingerprint density at radius 1 is 1.23 bits per heavy atom. The van der Waals surface area contributed by atoms with Crippen LogP contribution in [0.2, 0.25) is 0 Å². The van der Waals surface area contributed by atoms with Gasteiger partial charge in [-0.05, 0) is 17.2 Å². The van der Waals surface area contributed by atoms with Gasteiger partial charge < -0.3 is 4.90 Å². The molecule has 0 unspecified atom stereocenters. The first-order chi connectivity index (χ1) is 14.8. The van der Waals surface area contributed by atoms with Crippen molar-refractivity contribution in [3.05, 3.63) is 82.4 Å². The third-order valence-corrected chi connectivity index (χ3v) is 5.90. The standard InChI is InChI=1S/C22H20N4O5/c1-3-11-25-20(28)22(19(27)23-21(25)29)13-15-12-16(26(30)31)9-10-17(15)24(2)18(22)14-7-5-4-6-8-14/h3-10,12,18H,1,11,13H2,2H3,(H,23,27,29)/t18-,22+/m1/s1. The third kappa shape index (κ3) is 2.97. The maximum atomic E-state index is 13.7. The Morgan fingerprint density at radius 3 is 2.58 bits per heavy atom. The van der Waals surface area contributed by atoms with E-state index in [1.807, 2.05) is 18.2 Å². The van der Waals surface area contributed by atoms with E-state index in [9.17, 15) is 24.5 Å². The Labute approximate surface area is 178 Å². The van der Waals surface area contributed by atoms with Gasteiger partial charge in [-0.1, -0.05) is 36.4 Å². The largest absolute Gasteiger partial charge is 0.366 e. The van der Waals surface area contributed by atoms with Crippen LogP contribution in [0.15, 0.2) is 61.2 Å². The molecular weight excluding hydrogens is 400 g/mol. The number of benzene rings is 2. The van der Waals surface area contributed by atoms with Gasteiger partial charge in [0.15, 0.2) is 5.41 Å². The van der Waals surface area contributed by atoms with Gasteiger partial charge in [-0.3, -0.25) is 29.9 Å². The SMILES string of the molecule is C=CCN1C(=O)NC(=O)[C@@]2(Cc3cc([N+](=O)[O-])ccc3N(C)[C@@H]2c2ccccc2)C1=O. The molecule has 4 amide bonds. The van der Waals surface area contributed by atoms with Gasteiger partial charge in [-0.2, -0.15) is 0 Å². The minimum Gasteiger partial charge on any atom is -0.366 e. The second-order valence-corrected chi connectivity index (χ2v) is 7.61. The van der Waals surface area contributed by atoms with Gasteiger partial charge in [0.05, 0.1) is 11.0 Å². The lowest BCUT2D eigenvalue weighted by atomic mass is 9.66. The predicted molar refractivity (Wildman–Crippen MR) is 112 cm³/mol. The number of carbonyl (C=O) groups excluding carboxylic acids is 3. The molecule has 2 aromatic carbocycles. The van der Waals surface area contributed by atoms with E-state index in [0.29, 0.717) is 16.8 Å². The Morgan fingerprint density at radius 2 is 1.94 bits per heavy atom. The fourth-order valence-corrected chi connectivity index (χ4v) is 4.58. The highest BCUT2D eigenvalue weighted by atomic mass is 16.6. The van der Waals surface area contributed by atoms with E-state index >= 15 is 0 Å². The zero-order chi connectivity index (χ0) is 22.3. The molecule has 1 N–H and O–H groups in total. The van der Waals surface area contributed by atoms with Crippen molar-refractivity contribution < 1.29 is 19.3 Å². The number of hydrogen-bond donors (Lipinski definition) is 1. The first-order valence-electron chi connectivity index (χ1n) is 9.64. The van der Waals surface area contributed by atoms with Gasteiger partial charge in [0.1, 0.15) is 0 Å². The van der Waals surface area contributed by atoms with Crippen LogP contribution in [0, 0.1) is 15.5 Å². The maximum absolute atomic E-state index is 13.7. The Bertz CT molecular complexity index is 1120. The van der Waals surface area contributed by atoms with E-state index in [4.69, 9.17) is 0 Å². The van der Waals surface area contributed by atoms with Crippen LogP contribution >= 0.6 is 0 Å². The first-order valence-corrected chi connectivity index (χ1v) is 9.64. The summed E-state index contributed by atoms with van der Waals surface area (Å²) in [5, 5.41) is 13.6. The molecule has 9 nitrogen and oxygen atoms in total. The number of nitro benzene ring substituents is 1. The summed E-state index contributed by atoms with van der Waals surface area (Å²) < 4.78 is 0. The summed E-state index contributed by atoms with van der Waals surface area (Å²) >= 11 is 0. The number of non-ortho nitro benzene ring substituents is 1. The minimum atomic E-state index is -1.69.